The summed E-state index contributed by atoms with van der Waals surface area (Å²) in [6.07, 6.45) is 7.99. The first kappa shape index (κ1) is 14.7. The third kappa shape index (κ3) is 1.77. The average Bonchev–Trinajstić information content (AvgIpc) is 3.21. The molecular weight excluding hydrogens is 320 g/mol. The molecule has 1 aromatic rings. The fourth-order valence-corrected chi connectivity index (χ4v) is 5.08. The summed E-state index contributed by atoms with van der Waals surface area (Å²) in [7, 11) is 1.46. The van der Waals surface area contributed by atoms with Crippen LogP contribution in [0.5, 0.6) is 11.5 Å². The number of imide groups is 1. The minimum Gasteiger partial charge on any atom is -0.504 e. The number of ether oxygens (including phenoxy) is 1. The van der Waals surface area contributed by atoms with Crippen LogP contribution in [0.1, 0.15) is 18.4 Å². The number of amides is 2. The number of carbonyl (C=O) groups excluding carboxylic acids is 2. The van der Waals surface area contributed by atoms with Gasteiger partial charge in [0.05, 0.1) is 25.2 Å². The van der Waals surface area contributed by atoms with Crippen LogP contribution in [0, 0.1) is 29.1 Å². The number of hydrazone groups is 1. The summed E-state index contributed by atoms with van der Waals surface area (Å²) in [5.41, 5.74) is 0.841. The molecule has 4 atom stereocenters. The third-order valence-corrected chi connectivity index (χ3v) is 6.36. The van der Waals surface area contributed by atoms with Crippen molar-refractivity contribution in [3.63, 3.8) is 0 Å². The maximum Gasteiger partial charge on any atom is 0.254 e. The van der Waals surface area contributed by atoms with Gasteiger partial charge in [-0.1, -0.05) is 12.2 Å². The topological polar surface area (TPSA) is 79.2 Å². The molecule has 3 aliphatic carbocycles. The van der Waals surface area contributed by atoms with Crippen LogP contribution in [0.3, 0.4) is 0 Å². The first-order valence-corrected chi connectivity index (χ1v) is 8.54. The van der Waals surface area contributed by atoms with Gasteiger partial charge in [0.25, 0.3) is 11.8 Å². The van der Waals surface area contributed by atoms with Crippen molar-refractivity contribution in [2.45, 2.75) is 12.8 Å². The monoisotopic (exact) mass is 338 g/mol. The highest BCUT2D eigenvalue weighted by molar-refractivity contribution is 6.07. The number of hydrogen-bond acceptors (Lipinski definition) is 5. The summed E-state index contributed by atoms with van der Waals surface area (Å²) in [5.74, 6) is -0.0909. The van der Waals surface area contributed by atoms with Crippen molar-refractivity contribution in [2.24, 2.45) is 34.2 Å². The molecule has 1 aliphatic heterocycles. The molecule has 1 N–H and O–H groups in total. The second kappa shape index (κ2) is 4.71. The van der Waals surface area contributed by atoms with Gasteiger partial charge in [0.15, 0.2) is 11.5 Å². The van der Waals surface area contributed by atoms with E-state index in [4.69, 9.17) is 4.74 Å². The second-order valence-corrected chi connectivity index (χ2v) is 7.39. The van der Waals surface area contributed by atoms with Crippen molar-refractivity contribution in [1.29, 1.82) is 0 Å². The van der Waals surface area contributed by atoms with Crippen LogP contribution < -0.4 is 4.74 Å². The fraction of sp³-hybridized carbons (Fsp3) is 0.421. The number of fused-ring (bicyclic) bond motifs is 3. The zero-order valence-corrected chi connectivity index (χ0v) is 13.8. The van der Waals surface area contributed by atoms with E-state index in [1.807, 2.05) is 0 Å². The van der Waals surface area contributed by atoms with Gasteiger partial charge in [-0.3, -0.25) is 9.59 Å². The predicted molar refractivity (Wildman–Crippen MR) is 88.9 cm³/mol. The minimum absolute atomic E-state index is 0.0277. The molecule has 2 amide bonds. The van der Waals surface area contributed by atoms with Crippen molar-refractivity contribution in [1.82, 2.24) is 5.01 Å². The lowest BCUT2D eigenvalue weighted by Gasteiger charge is -2.18. The Labute approximate surface area is 144 Å². The molecular formula is C19H18N2O4. The van der Waals surface area contributed by atoms with Crippen molar-refractivity contribution in [3.05, 3.63) is 35.9 Å². The number of aromatic hydroxyl groups is 1. The van der Waals surface area contributed by atoms with E-state index >= 15 is 0 Å². The smallest absolute Gasteiger partial charge is 0.254 e. The largest absolute Gasteiger partial charge is 0.504 e. The Kier molecular flexibility index (Phi) is 2.77. The van der Waals surface area contributed by atoms with E-state index in [1.54, 1.807) is 12.1 Å². The second-order valence-electron chi connectivity index (χ2n) is 7.39. The maximum atomic E-state index is 12.8. The Morgan fingerprint density at radius 3 is 2.40 bits per heavy atom. The molecule has 0 unspecified atom stereocenters. The molecule has 0 aromatic heterocycles. The number of hydrogen-bond donors (Lipinski definition) is 1. The van der Waals surface area contributed by atoms with Crippen LogP contribution in [0.25, 0.3) is 0 Å². The number of allylic oxidation sites excluding steroid dienone is 2. The van der Waals surface area contributed by atoms with Gasteiger partial charge in [-0.05, 0) is 53.9 Å². The van der Waals surface area contributed by atoms with Gasteiger partial charge < -0.3 is 9.84 Å². The van der Waals surface area contributed by atoms with Gasteiger partial charge in [-0.15, -0.1) is 0 Å². The average molecular weight is 338 g/mol. The summed E-state index contributed by atoms with van der Waals surface area (Å²) in [5, 5.41) is 14.8. The van der Waals surface area contributed by atoms with Gasteiger partial charge in [-0.2, -0.15) is 10.1 Å². The summed E-state index contributed by atoms with van der Waals surface area (Å²) in [6.45, 7) is 0. The molecule has 128 valence electrons. The van der Waals surface area contributed by atoms with E-state index in [0.29, 0.717) is 11.3 Å². The number of rotatable bonds is 3. The Morgan fingerprint density at radius 2 is 1.84 bits per heavy atom. The number of phenols is 1. The lowest BCUT2D eigenvalue weighted by Crippen LogP contribution is -2.30. The molecule has 6 nitrogen and oxygen atoms in total. The third-order valence-electron chi connectivity index (χ3n) is 6.36. The Hall–Kier alpha value is -2.63. The fourth-order valence-electron chi connectivity index (χ4n) is 5.08. The van der Waals surface area contributed by atoms with Crippen LogP contribution in [0.15, 0.2) is 35.5 Å². The van der Waals surface area contributed by atoms with Gasteiger partial charge in [0.1, 0.15) is 0 Å². The SMILES string of the molecule is COc1cc(/C=N\N2C(=O)[C@@H]3[C@H](C2=O)[C@@H]2C=C[C@@H]3C23CC3)ccc1O. The van der Waals surface area contributed by atoms with Crippen molar-refractivity contribution >= 4 is 18.0 Å². The number of nitrogens with zero attached hydrogens (tertiary/aromatic N) is 2. The van der Waals surface area contributed by atoms with E-state index in [-0.39, 0.29) is 46.7 Å². The molecule has 6 heteroatoms. The highest BCUT2D eigenvalue weighted by atomic mass is 16.5. The number of phenolic OH excluding ortho intramolecular Hbond substituents is 1. The standard InChI is InChI=1S/C19H18N2O4/c1-25-14-8-10(2-5-13(14)22)9-20-21-17(23)15-11-3-4-12(16(15)18(21)24)19(11)6-7-19/h2-5,8-9,11-12,15-16,22H,6-7H2,1H3/b20-9-/t11-,12-,15-,16+/m0/s1. The highest BCUT2D eigenvalue weighted by Crippen LogP contribution is 2.73. The maximum absolute atomic E-state index is 12.8. The zero-order chi connectivity index (χ0) is 17.3. The number of methoxy groups -OCH3 is 1. The normalized spacial score (nSPS) is 33.7. The first-order valence-electron chi connectivity index (χ1n) is 8.54. The molecule has 5 rings (SSSR count). The van der Waals surface area contributed by atoms with E-state index < -0.39 is 0 Å². The molecule has 3 fully saturated rings. The quantitative estimate of drug-likeness (QED) is 0.519. The lowest BCUT2D eigenvalue weighted by molar-refractivity contribution is -0.141. The minimum atomic E-state index is -0.239. The summed E-state index contributed by atoms with van der Waals surface area (Å²) >= 11 is 0. The van der Waals surface area contributed by atoms with Gasteiger partial charge in [-0.25, -0.2) is 0 Å². The Bertz CT molecular complexity index is 821. The molecule has 1 heterocycles. The molecule has 1 saturated heterocycles. The summed E-state index contributed by atoms with van der Waals surface area (Å²) in [6, 6.07) is 4.75. The van der Waals surface area contributed by atoms with Crippen LogP contribution in [-0.2, 0) is 9.59 Å². The lowest BCUT2D eigenvalue weighted by atomic mass is 9.85. The van der Waals surface area contributed by atoms with E-state index in [2.05, 4.69) is 17.3 Å². The van der Waals surface area contributed by atoms with E-state index in [0.717, 1.165) is 17.9 Å². The van der Waals surface area contributed by atoms with E-state index in [1.165, 1.54) is 19.4 Å². The van der Waals surface area contributed by atoms with Crippen LogP contribution in [0.4, 0.5) is 0 Å². The van der Waals surface area contributed by atoms with E-state index in [9.17, 15) is 14.7 Å². The van der Waals surface area contributed by atoms with Crippen LogP contribution in [-0.4, -0.2) is 35.3 Å². The Morgan fingerprint density at radius 1 is 1.20 bits per heavy atom. The molecule has 2 saturated carbocycles. The highest BCUT2D eigenvalue weighted by Gasteiger charge is 2.73. The Balaban J connectivity index is 1.42. The zero-order valence-electron chi connectivity index (χ0n) is 13.8. The first-order chi connectivity index (χ1) is 12.1. The van der Waals surface area contributed by atoms with Crippen LogP contribution in [0.2, 0.25) is 0 Å². The molecule has 1 aromatic carbocycles. The van der Waals surface area contributed by atoms with Crippen molar-refractivity contribution < 1.29 is 19.4 Å². The molecule has 4 aliphatic rings. The predicted octanol–water partition coefficient (Wildman–Crippen LogP) is 1.93. The summed E-state index contributed by atoms with van der Waals surface area (Å²) < 4.78 is 5.06. The molecule has 1 spiro atoms. The van der Waals surface area contributed by atoms with Gasteiger partial charge >= 0.3 is 0 Å². The number of carbonyl (C=O) groups is 2. The molecule has 25 heavy (non-hydrogen) atoms. The van der Waals surface area contributed by atoms with Gasteiger partial charge in [0.2, 0.25) is 0 Å². The molecule has 0 radical (unpaired) electrons. The van der Waals surface area contributed by atoms with Crippen molar-refractivity contribution in [3.8, 4) is 11.5 Å². The number of benzene rings is 1. The van der Waals surface area contributed by atoms with Crippen LogP contribution >= 0.6 is 0 Å². The molecule has 2 bridgehead atoms. The van der Waals surface area contributed by atoms with Gasteiger partial charge in [0, 0.05) is 0 Å². The van der Waals surface area contributed by atoms with Crippen molar-refractivity contribution in [2.75, 3.05) is 7.11 Å². The summed E-state index contributed by atoms with van der Waals surface area (Å²) in [4.78, 5) is 25.6.